The van der Waals surface area contributed by atoms with E-state index < -0.39 is 0 Å². The van der Waals surface area contributed by atoms with E-state index in [2.05, 4.69) is 32.2 Å². The Balaban J connectivity index is 1.69. The van der Waals surface area contributed by atoms with Crippen molar-refractivity contribution in [3.63, 3.8) is 0 Å². The van der Waals surface area contributed by atoms with Crippen molar-refractivity contribution in [3.8, 4) is 0 Å². The van der Waals surface area contributed by atoms with Crippen LogP contribution in [0.5, 0.6) is 0 Å². The third kappa shape index (κ3) is 1.77. The van der Waals surface area contributed by atoms with Crippen LogP contribution in [-0.2, 0) is 0 Å². The van der Waals surface area contributed by atoms with Crippen LogP contribution in [0.4, 0.5) is 5.82 Å². The number of nitrogens with one attached hydrogen (secondary N) is 1. The Bertz CT molecular complexity index is 510. The quantitative estimate of drug-likeness (QED) is 0.846. The lowest BCUT2D eigenvalue weighted by Gasteiger charge is -2.39. The second-order valence-corrected chi connectivity index (χ2v) is 4.60. The normalized spacial score (nSPS) is 16.0. The van der Waals surface area contributed by atoms with E-state index in [1.807, 2.05) is 25.3 Å². The van der Waals surface area contributed by atoms with Gasteiger partial charge in [-0.05, 0) is 31.5 Å². The molecule has 0 unspecified atom stereocenters. The zero-order chi connectivity index (χ0) is 11.8. The van der Waals surface area contributed by atoms with Crippen LogP contribution in [0.1, 0.15) is 22.9 Å². The van der Waals surface area contributed by atoms with Crippen molar-refractivity contribution in [2.24, 2.45) is 0 Å². The van der Waals surface area contributed by atoms with Crippen molar-refractivity contribution in [2.45, 2.75) is 19.8 Å². The van der Waals surface area contributed by atoms with E-state index in [4.69, 9.17) is 0 Å². The SMILES string of the molecule is Cc1ccc(N2CC(c3[nH]ncc3C)C2)nn1. The Labute approximate surface area is 99.9 Å². The minimum Gasteiger partial charge on any atom is -0.354 e. The molecule has 1 N–H and O–H groups in total. The molecule has 1 aliphatic heterocycles. The van der Waals surface area contributed by atoms with Crippen molar-refractivity contribution in [1.82, 2.24) is 20.4 Å². The van der Waals surface area contributed by atoms with E-state index in [0.29, 0.717) is 5.92 Å². The van der Waals surface area contributed by atoms with Gasteiger partial charge in [-0.1, -0.05) is 0 Å². The smallest absolute Gasteiger partial charge is 0.151 e. The van der Waals surface area contributed by atoms with Gasteiger partial charge in [-0.15, -0.1) is 5.10 Å². The summed E-state index contributed by atoms with van der Waals surface area (Å²) < 4.78 is 0. The first kappa shape index (κ1) is 10.3. The molecule has 5 heteroatoms. The van der Waals surface area contributed by atoms with Gasteiger partial charge in [-0.3, -0.25) is 5.10 Å². The van der Waals surface area contributed by atoms with Crippen LogP contribution in [-0.4, -0.2) is 33.5 Å². The highest BCUT2D eigenvalue weighted by atomic mass is 15.3. The van der Waals surface area contributed by atoms with Crippen molar-refractivity contribution >= 4 is 5.82 Å². The number of hydrogen-bond donors (Lipinski definition) is 1. The minimum atomic E-state index is 0.542. The van der Waals surface area contributed by atoms with Crippen molar-refractivity contribution < 1.29 is 0 Å². The highest BCUT2D eigenvalue weighted by Gasteiger charge is 2.31. The zero-order valence-electron chi connectivity index (χ0n) is 10.0. The maximum atomic E-state index is 4.19. The number of anilines is 1. The number of aryl methyl sites for hydroxylation is 2. The summed E-state index contributed by atoms with van der Waals surface area (Å²) in [5.41, 5.74) is 3.45. The molecule has 2 aromatic rings. The van der Waals surface area contributed by atoms with E-state index in [1.165, 1.54) is 11.3 Å². The lowest BCUT2D eigenvalue weighted by Crippen LogP contribution is -2.46. The van der Waals surface area contributed by atoms with Crippen molar-refractivity contribution in [2.75, 3.05) is 18.0 Å². The van der Waals surface area contributed by atoms with Crippen LogP contribution in [0.25, 0.3) is 0 Å². The van der Waals surface area contributed by atoms with Gasteiger partial charge in [0.15, 0.2) is 5.82 Å². The summed E-state index contributed by atoms with van der Waals surface area (Å²) in [5.74, 6) is 1.50. The molecule has 0 atom stereocenters. The first-order valence-electron chi connectivity index (χ1n) is 5.79. The molecule has 17 heavy (non-hydrogen) atoms. The molecule has 5 nitrogen and oxygen atoms in total. The number of rotatable bonds is 2. The van der Waals surface area contributed by atoms with Crippen molar-refractivity contribution in [3.05, 3.63) is 35.3 Å². The van der Waals surface area contributed by atoms with Gasteiger partial charge in [-0.25, -0.2) is 0 Å². The summed E-state index contributed by atoms with van der Waals surface area (Å²) in [6.45, 7) is 6.01. The number of aromatic nitrogens is 4. The Kier molecular flexibility index (Phi) is 2.31. The molecule has 1 aliphatic rings. The Morgan fingerprint density at radius 2 is 2.06 bits per heavy atom. The fourth-order valence-corrected chi connectivity index (χ4v) is 2.18. The van der Waals surface area contributed by atoms with Gasteiger partial charge in [0.2, 0.25) is 0 Å². The van der Waals surface area contributed by atoms with Gasteiger partial charge in [0.05, 0.1) is 11.9 Å². The third-order valence-electron chi connectivity index (χ3n) is 3.27. The largest absolute Gasteiger partial charge is 0.354 e. The molecule has 0 aliphatic carbocycles. The number of aromatic amines is 1. The molecule has 0 bridgehead atoms. The number of hydrogen-bond acceptors (Lipinski definition) is 4. The van der Waals surface area contributed by atoms with Crippen LogP contribution < -0.4 is 4.90 Å². The summed E-state index contributed by atoms with van der Waals surface area (Å²) in [5, 5.41) is 15.4. The zero-order valence-corrected chi connectivity index (χ0v) is 10.0. The molecule has 1 saturated heterocycles. The van der Waals surface area contributed by atoms with Gasteiger partial charge in [-0.2, -0.15) is 10.2 Å². The molecule has 2 aromatic heterocycles. The maximum Gasteiger partial charge on any atom is 0.151 e. The lowest BCUT2D eigenvalue weighted by atomic mass is 9.94. The fraction of sp³-hybridized carbons (Fsp3) is 0.417. The van der Waals surface area contributed by atoms with Gasteiger partial charge in [0, 0.05) is 24.7 Å². The molecule has 0 amide bonds. The predicted molar refractivity (Wildman–Crippen MR) is 65.0 cm³/mol. The maximum absolute atomic E-state index is 4.19. The highest BCUT2D eigenvalue weighted by Crippen LogP contribution is 2.30. The van der Waals surface area contributed by atoms with Crippen LogP contribution in [0.15, 0.2) is 18.3 Å². The molecule has 3 rings (SSSR count). The first-order chi connectivity index (χ1) is 8.24. The molecular formula is C12H15N5. The van der Waals surface area contributed by atoms with E-state index in [9.17, 15) is 0 Å². The van der Waals surface area contributed by atoms with Crippen LogP contribution in [0.3, 0.4) is 0 Å². The lowest BCUT2D eigenvalue weighted by molar-refractivity contribution is 0.504. The summed E-state index contributed by atoms with van der Waals surface area (Å²) in [6.07, 6.45) is 1.88. The molecule has 0 radical (unpaired) electrons. The molecule has 0 spiro atoms. The Morgan fingerprint density at radius 3 is 2.65 bits per heavy atom. The second-order valence-electron chi connectivity index (χ2n) is 4.60. The number of H-pyrrole nitrogens is 1. The molecule has 0 aromatic carbocycles. The van der Waals surface area contributed by atoms with Gasteiger partial charge >= 0.3 is 0 Å². The Hall–Kier alpha value is -1.91. The average molecular weight is 229 g/mol. The molecule has 1 fully saturated rings. The molecular weight excluding hydrogens is 214 g/mol. The monoisotopic (exact) mass is 229 g/mol. The number of nitrogens with zero attached hydrogens (tertiary/aromatic N) is 4. The van der Waals surface area contributed by atoms with Crippen LogP contribution in [0.2, 0.25) is 0 Å². The molecule has 0 saturated carbocycles. The van der Waals surface area contributed by atoms with Crippen molar-refractivity contribution in [1.29, 1.82) is 0 Å². The third-order valence-corrected chi connectivity index (χ3v) is 3.27. The summed E-state index contributed by atoms with van der Waals surface area (Å²) in [4.78, 5) is 2.23. The van der Waals surface area contributed by atoms with Gasteiger partial charge < -0.3 is 4.90 Å². The summed E-state index contributed by atoms with van der Waals surface area (Å²) >= 11 is 0. The first-order valence-corrected chi connectivity index (χ1v) is 5.79. The topological polar surface area (TPSA) is 57.7 Å². The van der Waals surface area contributed by atoms with Crippen LogP contribution in [0, 0.1) is 13.8 Å². The molecule has 3 heterocycles. The predicted octanol–water partition coefficient (Wildman–Crippen LogP) is 1.42. The van der Waals surface area contributed by atoms with E-state index in [0.717, 1.165) is 24.6 Å². The summed E-state index contributed by atoms with van der Waals surface area (Å²) in [7, 11) is 0. The Morgan fingerprint density at radius 1 is 1.24 bits per heavy atom. The minimum absolute atomic E-state index is 0.542. The van der Waals surface area contributed by atoms with E-state index in [-0.39, 0.29) is 0 Å². The average Bonchev–Trinajstić information content (AvgIpc) is 2.66. The standard InChI is InChI=1S/C12H15N5/c1-8-5-13-16-12(8)10-6-17(7-10)11-4-3-9(2)14-15-11/h3-5,10H,6-7H2,1-2H3,(H,13,16). The highest BCUT2D eigenvalue weighted by molar-refractivity contribution is 5.44. The second kappa shape index (κ2) is 3.84. The van der Waals surface area contributed by atoms with Crippen LogP contribution >= 0.6 is 0 Å². The van der Waals surface area contributed by atoms with E-state index in [1.54, 1.807) is 0 Å². The van der Waals surface area contributed by atoms with E-state index >= 15 is 0 Å². The summed E-state index contributed by atoms with van der Waals surface area (Å²) in [6, 6.07) is 4.02. The molecule has 88 valence electrons. The fourth-order valence-electron chi connectivity index (χ4n) is 2.18. The van der Waals surface area contributed by atoms with Gasteiger partial charge in [0.1, 0.15) is 0 Å². The van der Waals surface area contributed by atoms with Gasteiger partial charge in [0.25, 0.3) is 0 Å².